The van der Waals surface area contributed by atoms with Crippen LogP contribution in [0.3, 0.4) is 0 Å². The van der Waals surface area contributed by atoms with Crippen molar-refractivity contribution in [2.45, 2.75) is 51.2 Å². The molecule has 1 aliphatic carbocycles. The summed E-state index contributed by atoms with van der Waals surface area (Å²) in [6, 6.07) is 6.45. The molecule has 8 heteroatoms. The third kappa shape index (κ3) is 3.66. The number of carbonyl (C=O) groups excluding carboxylic acids is 2. The van der Waals surface area contributed by atoms with E-state index in [2.05, 4.69) is 15.3 Å². The monoisotopic (exact) mass is 414 g/mol. The minimum atomic E-state index is -1.63. The lowest BCUT2D eigenvalue weighted by atomic mass is 9.66. The van der Waals surface area contributed by atoms with Crippen molar-refractivity contribution >= 4 is 17.5 Å². The second-order valence-electron chi connectivity index (χ2n) is 8.46. The molecule has 4 rings (SSSR count). The fourth-order valence-corrected chi connectivity index (χ4v) is 4.49. The lowest BCUT2D eigenvalue weighted by Crippen LogP contribution is -2.56. The highest BCUT2D eigenvalue weighted by Gasteiger charge is 2.55. The quantitative estimate of drug-likeness (QED) is 0.836. The van der Waals surface area contributed by atoms with Gasteiger partial charge in [-0.3, -0.25) is 9.59 Å². The van der Waals surface area contributed by atoms with Gasteiger partial charge in [-0.1, -0.05) is 0 Å². The Morgan fingerprint density at radius 3 is 2.63 bits per heavy atom. The van der Waals surface area contributed by atoms with Crippen molar-refractivity contribution in [2.75, 3.05) is 11.4 Å². The summed E-state index contributed by atoms with van der Waals surface area (Å²) in [5, 5.41) is 2.76. The zero-order chi connectivity index (χ0) is 21.5. The molecular formula is C22H24F2N4O2. The Balaban J connectivity index is 1.54. The molecule has 3 atom stereocenters. The van der Waals surface area contributed by atoms with Crippen LogP contribution in [0.5, 0.6) is 0 Å². The normalized spacial score (nSPS) is 28.7. The molecule has 2 aromatic rings. The topological polar surface area (TPSA) is 75.2 Å². The zero-order valence-corrected chi connectivity index (χ0v) is 17.0. The summed E-state index contributed by atoms with van der Waals surface area (Å²) in [6.07, 6.45) is 2.85. The molecule has 2 amide bonds. The number of hydrogen-bond donors (Lipinski definition) is 1. The van der Waals surface area contributed by atoms with E-state index in [-0.39, 0.29) is 30.3 Å². The molecule has 1 aromatic heterocycles. The predicted molar refractivity (Wildman–Crippen MR) is 107 cm³/mol. The number of nitrogens with one attached hydrogen (secondary N) is 1. The standard InChI is InChI=1S/C22H24F2N4O2/c1-14-25-11-7-17(26-14)19(29)27-18-13-22(9-8-21(18,2)24)10-12-28(20(22)30)16-5-3-15(23)4-6-16/h3-7,11,18H,8-10,12-13H2,1-2H3,(H,27,29). The summed E-state index contributed by atoms with van der Waals surface area (Å²) in [4.78, 5) is 35.7. The molecule has 1 saturated heterocycles. The molecule has 3 unspecified atom stereocenters. The van der Waals surface area contributed by atoms with E-state index in [9.17, 15) is 14.0 Å². The van der Waals surface area contributed by atoms with Crippen molar-refractivity contribution in [3.05, 3.63) is 53.9 Å². The molecule has 0 bridgehead atoms. The van der Waals surface area contributed by atoms with Gasteiger partial charge in [0.1, 0.15) is 23.0 Å². The highest BCUT2D eigenvalue weighted by Crippen LogP contribution is 2.49. The van der Waals surface area contributed by atoms with Crippen LogP contribution < -0.4 is 10.2 Å². The summed E-state index contributed by atoms with van der Waals surface area (Å²) in [6.45, 7) is 3.62. The Morgan fingerprint density at radius 2 is 1.93 bits per heavy atom. The maximum atomic E-state index is 15.3. The number of benzene rings is 1. The average Bonchev–Trinajstić information content (AvgIpc) is 3.02. The van der Waals surface area contributed by atoms with Crippen molar-refractivity contribution in [1.82, 2.24) is 15.3 Å². The SMILES string of the molecule is Cc1nccc(C(=O)NC2CC3(CCN(c4ccc(F)cc4)C3=O)CCC2(C)F)n1. The summed E-state index contributed by atoms with van der Waals surface area (Å²) < 4.78 is 28.6. The van der Waals surface area contributed by atoms with Gasteiger partial charge in [0, 0.05) is 18.4 Å². The highest BCUT2D eigenvalue weighted by molar-refractivity contribution is 6.00. The van der Waals surface area contributed by atoms with Crippen molar-refractivity contribution in [3.63, 3.8) is 0 Å². The van der Waals surface area contributed by atoms with Gasteiger partial charge < -0.3 is 10.2 Å². The van der Waals surface area contributed by atoms with Gasteiger partial charge in [0.2, 0.25) is 5.91 Å². The number of amides is 2. The van der Waals surface area contributed by atoms with Gasteiger partial charge in [0.25, 0.3) is 5.91 Å². The van der Waals surface area contributed by atoms with Crippen LogP contribution in [-0.2, 0) is 4.79 Å². The minimum Gasteiger partial charge on any atom is -0.345 e. The third-order valence-corrected chi connectivity index (χ3v) is 6.38. The van der Waals surface area contributed by atoms with Crippen molar-refractivity contribution in [3.8, 4) is 0 Å². The molecule has 30 heavy (non-hydrogen) atoms. The van der Waals surface area contributed by atoms with Crippen LogP contribution in [0.1, 0.15) is 48.9 Å². The number of halogens is 2. The fourth-order valence-electron chi connectivity index (χ4n) is 4.49. The van der Waals surface area contributed by atoms with E-state index < -0.39 is 23.0 Å². The van der Waals surface area contributed by atoms with Gasteiger partial charge in [-0.2, -0.15) is 0 Å². The van der Waals surface area contributed by atoms with Gasteiger partial charge in [-0.25, -0.2) is 18.7 Å². The maximum Gasteiger partial charge on any atom is 0.270 e. The predicted octanol–water partition coefficient (Wildman–Crippen LogP) is 3.36. The van der Waals surface area contributed by atoms with Gasteiger partial charge in [0.15, 0.2) is 0 Å². The molecule has 0 radical (unpaired) electrons. The molecule has 1 spiro atoms. The van der Waals surface area contributed by atoms with Crippen molar-refractivity contribution < 1.29 is 18.4 Å². The number of carbonyl (C=O) groups is 2. The van der Waals surface area contributed by atoms with Gasteiger partial charge in [-0.15, -0.1) is 0 Å². The fraction of sp³-hybridized carbons (Fsp3) is 0.455. The summed E-state index contributed by atoms with van der Waals surface area (Å²) in [7, 11) is 0. The molecule has 2 fully saturated rings. The van der Waals surface area contributed by atoms with Crippen LogP contribution in [-0.4, -0.2) is 40.0 Å². The third-order valence-electron chi connectivity index (χ3n) is 6.38. The summed E-state index contributed by atoms with van der Waals surface area (Å²) >= 11 is 0. The Labute approximate surface area is 173 Å². The Morgan fingerprint density at radius 1 is 1.20 bits per heavy atom. The molecule has 1 N–H and O–H groups in total. The Bertz CT molecular complexity index is 979. The lowest BCUT2D eigenvalue weighted by Gasteiger charge is -2.43. The van der Waals surface area contributed by atoms with Crippen molar-refractivity contribution in [2.24, 2.45) is 5.41 Å². The van der Waals surface area contributed by atoms with Gasteiger partial charge >= 0.3 is 0 Å². The first kappa shape index (κ1) is 20.4. The lowest BCUT2D eigenvalue weighted by molar-refractivity contribution is -0.129. The van der Waals surface area contributed by atoms with Crippen LogP contribution in [0.4, 0.5) is 14.5 Å². The number of rotatable bonds is 3. The van der Waals surface area contributed by atoms with E-state index in [4.69, 9.17) is 0 Å². The van der Waals surface area contributed by atoms with E-state index >= 15 is 4.39 Å². The second kappa shape index (κ2) is 7.41. The van der Waals surface area contributed by atoms with Gasteiger partial charge in [-0.05, 0) is 69.9 Å². The van der Waals surface area contributed by atoms with Crippen LogP contribution in [0, 0.1) is 18.2 Å². The van der Waals surface area contributed by atoms with Gasteiger partial charge in [0.05, 0.1) is 11.5 Å². The van der Waals surface area contributed by atoms with E-state index in [0.29, 0.717) is 30.9 Å². The summed E-state index contributed by atoms with van der Waals surface area (Å²) in [5.74, 6) is -0.491. The molecule has 1 aliphatic heterocycles. The average molecular weight is 414 g/mol. The van der Waals surface area contributed by atoms with Crippen LogP contribution in [0.15, 0.2) is 36.5 Å². The van der Waals surface area contributed by atoms with E-state index in [1.807, 2.05) is 0 Å². The number of aromatic nitrogens is 2. The maximum absolute atomic E-state index is 15.3. The second-order valence-corrected chi connectivity index (χ2v) is 8.46. The Hall–Kier alpha value is -2.90. The minimum absolute atomic E-state index is 0.0956. The molecule has 2 heterocycles. The zero-order valence-electron chi connectivity index (χ0n) is 17.0. The largest absolute Gasteiger partial charge is 0.345 e. The molecule has 6 nitrogen and oxygen atoms in total. The number of alkyl halides is 1. The highest BCUT2D eigenvalue weighted by atomic mass is 19.1. The number of nitrogens with zero attached hydrogens (tertiary/aromatic N) is 3. The van der Waals surface area contributed by atoms with Crippen LogP contribution in [0.25, 0.3) is 0 Å². The van der Waals surface area contributed by atoms with Crippen LogP contribution >= 0.6 is 0 Å². The van der Waals surface area contributed by atoms with E-state index in [1.54, 1.807) is 24.0 Å². The number of aryl methyl sites for hydroxylation is 1. The number of hydrogen-bond acceptors (Lipinski definition) is 4. The smallest absolute Gasteiger partial charge is 0.270 e. The van der Waals surface area contributed by atoms with Crippen molar-refractivity contribution in [1.29, 1.82) is 0 Å². The first-order valence-corrected chi connectivity index (χ1v) is 10.1. The number of anilines is 1. The molecule has 158 valence electrons. The van der Waals surface area contributed by atoms with E-state index in [0.717, 1.165) is 0 Å². The van der Waals surface area contributed by atoms with E-state index in [1.165, 1.54) is 31.3 Å². The Kier molecular flexibility index (Phi) is 5.03. The van der Waals surface area contributed by atoms with Crippen LogP contribution in [0.2, 0.25) is 0 Å². The molecule has 1 aromatic carbocycles. The molecule has 2 aliphatic rings. The first-order valence-electron chi connectivity index (χ1n) is 10.1. The first-order chi connectivity index (χ1) is 14.2. The molecular weight excluding hydrogens is 390 g/mol. The molecule has 1 saturated carbocycles. The summed E-state index contributed by atoms with van der Waals surface area (Å²) in [5.41, 5.74) is -1.57.